The Kier molecular flexibility index (Phi) is 6.80. The number of hydrogen-bond acceptors (Lipinski definition) is 12. The molecule has 49 heavy (non-hydrogen) atoms. The first kappa shape index (κ1) is 30.9. The summed E-state index contributed by atoms with van der Waals surface area (Å²) in [5, 5.41) is 1.13. The van der Waals surface area contributed by atoms with Gasteiger partial charge in [-0.25, -0.2) is 46.7 Å². The SMILES string of the molecule is O=S(=O)([O-])c1ccc2c3nc4nc(nc5[nH]c(nc6nc(nc([nH]3)c2c1S(=O)(=O)[O-])-c1ccccc1-6)c1ccccc51)-c1ccccc1-4.[Mn+2]. The minimum atomic E-state index is -5.56. The molecule has 7 aromatic rings. The van der Waals surface area contributed by atoms with Crippen LogP contribution in [0.2, 0.25) is 0 Å². The van der Waals surface area contributed by atoms with Crippen molar-refractivity contribution in [2.24, 2.45) is 0 Å². The van der Waals surface area contributed by atoms with E-state index in [0.717, 1.165) is 16.8 Å². The standard InChI is InChI=1S/C32H18N8O6S2.Mn/c41-47(42,43)22-14-13-21-23(24(22)48(44,45)46)32-39-30-20-12-6-5-11-19(20)28(37-30)35-26-16-8-2-1-7-15(16)25(33-26)34-27-17-9-3-4-10-18(17)29(36-27)38-31(21)40-32;/h1-14H,(H,41,42,43)(H,44,45,46)(H2,33,34,35,36,37,38,39,40);/q;+2/p-2. The van der Waals surface area contributed by atoms with Gasteiger partial charge in [-0.15, -0.1) is 0 Å². The molecule has 2 aliphatic rings. The maximum atomic E-state index is 12.7. The predicted octanol–water partition coefficient (Wildman–Crippen LogP) is 4.67. The Morgan fingerprint density at radius 3 is 1.27 bits per heavy atom. The summed E-state index contributed by atoms with van der Waals surface area (Å²) in [4.78, 5) is 32.2. The van der Waals surface area contributed by atoms with Crippen molar-refractivity contribution in [3.8, 4) is 45.6 Å². The first-order valence-corrected chi connectivity index (χ1v) is 17.1. The van der Waals surface area contributed by atoms with Crippen molar-refractivity contribution in [3.63, 3.8) is 0 Å². The second-order valence-corrected chi connectivity index (χ2v) is 13.6. The molecule has 1 radical (unpaired) electrons. The Morgan fingerprint density at radius 1 is 0.449 bits per heavy atom. The number of fused-ring (bicyclic) bond motifs is 20. The van der Waals surface area contributed by atoms with Crippen molar-refractivity contribution < 1.29 is 43.0 Å². The van der Waals surface area contributed by atoms with E-state index in [-0.39, 0.29) is 51.2 Å². The number of nitrogens with zero attached hydrogens (tertiary/aromatic N) is 6. The quantitative estimate of drug-likeness (QED) is 0.183. The van der Waals surface area contributed by atoms with E-state index in [1.165, 1.54) is 6.07 Å². The molecule has 3 aromatic heterocycles. The van der Waals surface area contributed by atoms with Gasteiger partial charge in [0.25, 0.3) is 0 Å². The molecular weight excluding hydrogens is 711 g/mol. The van der Waals surface area contributed by atoms with E-state index >= 15 is 0 Å². The Bertz CT molecular complexity index is 2980. The van der Waals surface area contributed by atoms with Gasteiger partial charge in [-0.3, -0.25) is 0 Å². The summed E-state index contributed by atoms with van der Waals surface area (Å²) in [6.07, 6.45) is 0. The largest absolute Gasteiger partial charge is 2.00 e. The van der Waals surface area contributed by atoms with Gasteiger partial charge < -0.3 is 19.1 Å². The molecule has 17 heteroatoms. The molecule has 0 amide bonds. The first-order valence-electron chi connectivity index (χ1n) is 14.2. The Hall–Kier alpha value is -5.42. The number of rotatable bonds is 2. The van der Waals surface area contributed by atoms with Crippen molar-refractivity contribution in [3.05, 3.63) is 84.9 Å². The van der Waals surface area contributed by atoms with Crippen LogP contribution in [0.25, 0.3) is 89.7 Å². The molecule has 0 spiro atoms. The monoisotopic (exact) mass is 727 g/mol. The number of aromatic amines is 2. The molecule has 0 aliphatic carbocycles. The number of nitrogens with one attached hydrogen (secondary N) is 2. The van der Waals surface area contributed by atoms with E-state index in [2.05, 4.69) is 19.9 Å². The van der Waals surface area contributed by atoms with Crippen LogP contribution in [-0.2, 0) is 37.3 Å². The van der Waals surface area contributed by atoms with E-state index in [1.807, 2.05) is 36.4 Å². The van der Waals surface area contributed by atoms with Gasteiger partial charge in [0.05, 0.1) is 9.79 Å². The number of aromatic nitrogens is 8. The molecular formula is C32H16MnN8O6S2. The average molecular weight is 728 g/mol. The van der Waals surface area contributed by atoms with E-state index in [1.54, 1.807) is 36.4 Å². The van der Waals surface area contributed by atoms with Crippen molar-refractivity contribution in [2.45, 2.75) is 9.79 Å². The van der Waals surface area contributed by atoms with E-state index in [9.17, 15) is 25.9 Å². The zero-order valence-corrected chi connectivity index (χ0v) is 27.2. The van der Waals surface area contributed by atoms with Gasteiger partial charge in [0.15, 0.2) is 23.3 Å². The normalized spacial score (nSPS) is 12.4. The summed E-state index contributed by atoms with van der Waals surface area (Å²) in [5.74, 6) is 0.876. The Balaban J connectivity index is 0.00000348. The third kappa shape index (κ3) is 4.82. The molecule has 2 aliphatic heterocycles. The summed E-state index contributed by atoms with van der Waals surface area (Å²) < 4.78 is 74.7. The molecule has 9 rings (SSSR count). The Labute approximate surface area is 286 Å². The maximum Gasteiger partial charge on any atom is 2.00 e. The summed E-state index contributed by atoms with van der Waals surface area (Å²) in [7, 11) is -11.0. The first-order chi connectivity index (χ1) is 23.0. The zero-order chi connectivity index (χ0) is 32.9. The molecule has 0 saturated carbocycles. The molecule has 4 aromatic carbocycles. The van der Waals surface area contributed by atoms with Crippen LogP contribution in [0.1, 0.15) is 0 Å². The average Bonchev–Trinajstić information content (AvgIpc) is 3.79. The fourth-order valence-corrected chi connectivity index (χ4v) is 8.07. The van der Waals surface area contributed by atoms with Crippen LogP contribution < -0.4 is 0 Å². The smallest absolute Gasteiger partial charge is 0.744 e. The summed E-state index contributed by atoms with van der Waals surface area (Å²) in [5.41, 5.74) is 3.08. The predicted molar refractivity (Wildman–Crippen MR) is 172 cm³/mol. The molecule has 2 N–H and O–H groups in total. The number of H-pyrrole nitrogens is 2. The van der Waals surface area contributed by atoms with Gasteiger partial charge in [0.2, 0.25) is 0 Å². The van der Waals surface area contributed by atoms with Crippen molar-refractivity contribution in [1.82, 2.24) is 39.9 Å². The fraction of sp³-hybridized carbons (Fsp3) is 0. The van der Waals surface area contributed by atoms with Crippen LogP contribution in [0.15, 0.2) is 94.7 Å². The Morgan fingerprint density at radius 2 is 0.837 bits per heavy atom. The molecule has 239 valence electrons. The second kappa shape index (κ2) is 10.8. The van der Waals surface area contributed by atoms with E-state index < -0.39 is 35.4 Å². The van der Waals surface area contributed by atoms with E-state index in [0.29, 0.717) is 39.4 Å². The van der Waals surface area contributed by atoms with Crippen molar-refractivity contribution >= 4 is 64.4 Å². The van der Waals surface area contributed by atoms with Crippen LogP contribution in [-0.4, -0.2) is 65.8 Å². The zero-order valence-electron chi connectivity index (χ0n) is 24.4. The van der Waals surface area contributed by atoms with Crippen LogP contribution in [0.5, 0.6) is 0 Å². The van der Waals surface area contributed by atoms with Crippen LogP contribution >= 0.6 is 0 Å². The molecule has 0 fully saturated rings. The van der Waals surface area contributed by atoms with E-state index in [4.69, 9.17) is 19.9 Å². The minimum absolute atomic E-state index is 0. The molecule has 0 saturated heterocycles. The molecule has 8 bridgehead atoms. The van der Waals surface area contributed by atoms with Gasteiger partial charge in [-0.2, -0.15) is 0 Å². The van der Waals surface area contributed by atoms with Gasteiger partial charge >= 0.3 is 17.1 Å². The van der Waals surface area contributed by atoms with Crippen LogP contribution in [0.3, 0.4) is 0 Å². The van der Waals surface area contributed by atoms with Crippen molar-refractivity contribution in [1.29, 1.82) is 0 Å². The number of benzene rings is 4. The summed E-state index contributed by atoms with van der Waals surface area (Å²) >= 11 is 0. The number of hydrogen-bond donors (Lipinski definition) is 2. The third-order valence-electron chi connectivity index (χ3n) is 8.16. The van der Waals surface area contributed by atoms with Gasteiger partial charge in [-0.1, -0.05) is 72.8 Å². The van der Waals surface area contributed by atoms with Crippen molar-refractivity contribution in [2.75, 3.05) is 0 Å². The van der Waals surface area contributed by atoms with Crippen LogP contribution in [0.4, 0.5) is 0 Å². The summed E-state index contributed by atoms with van der Waals surface area (Å²) in [6, 6.07) is 23.8. The third-order valence-corrected chi connectivity index (χ3v) is 10.1. The second-order valence-electron chi connectivity index (χ2n) is 11.0. The molecule has 5 heterocycles. The van der Waals surface area contributed by atoms with Gasteiger partial charge in [0, 0.05) is 43.8 Å². The maximum absolute atomic E-state index is 12.7. The molecule has 0 atom stereocenters. The molecule has 14 nitrogen and oxygen atoms in total. The van der Waals surface area contributed by atoms with Crippen LogP contribution in [0, 0.1) is 0 Å². The fourth-order valence-electron chi connectivity index (χ4n) is 6.13. The van der Waals surface area contributed by atoms with Gasteiger partial charge in [-0.05, 0) is 12.1 Å². The minimum Gasteiger partial charge on any atom is -0.744 e. The topological polar surface area (TPSA) is 223 Å². The van der Waals surface area contributed by atoms with Gasteiger partial charge in [0.1, 0.15) is 42.8 Å². The molecule has 0 unspecified atom stereocenters. The summed E-state index contributed by atoms with van der Waals surface area (Å²) in [6.45, 7) is 0.